The molecule has 1 N–H and O–H groups in total. The van der Waals surface area contributed by atoms with Crippen molar-refractivity contribution in [2.45, 2.75) is 78.8 Å². The van der Waals surface area contributed by atoms with Crippen molar-refractivity contribution in [2.75, 3.05) is 0 Å². The number of ketones is 1. The van der Waals surface area contributed by atoms with Gasteiger partial charge in [-0.1, -0.05) is 18.2 Å². The van der Waals surface area contributed by atoms with Gasteiger partial charge in [0.1, 0.15) is 30.1 Å². The fourth-order valence-electron chi connectivity index (χ4n) is 4.86. The summed E-state index contributed by atoms with van der Waals surface area (Å²) in [6.45, 7) is 10.9. The number of imidazole rings is 1. The lowest BCUT2D eigenvalue weighted by atomic mass is 9.85. The van der Waals surface area contributed by atoms with E-state index in [2.05, 4.69) is 16.0 Å². The highest BCUT2D eigenvalue weighted by Crippen LogP contribution is 2.34. The standard InChI is InChI=1S/C28H36N4O5/c1-18-31(14-15-32(18)17-36-25(34)28(5,6)29-26(35)37-27(2,3)4)16-19-12-13-22-23(24(19)33)20-10-8-9-11-21(20)30(22)7/h8-11,14-15,19H,12-13,16-17H2,1-7H3/p+1. The van der Waals surface area contributed by atoms with Gasteiger partial charge in [0.05, 0.1) is 5.92 Å². The van der Waals surface area contributed by atoms with Gasteiger partial charge in [0.2, 0.25) is 6.73 Å². The van der Waals surface area contributed by atoms with E-state index in [1.54, 1.807) is 39.2 Å². The van der Waals surface area contributed by atoms with Crippen LogP contribution in [0, 0.1) is 12.8 Å². The molecule has 1 amide bonds. The lowest BCUT2D eigenvalue weighted by Gasteiger charge is -2.26. The summed E-state index contributed by atoms with van der Waals surface area (Å²) in [6, 6.07) is 8.06. The van der Waals surface area contributed by atoms with Crippen molar-refractivity contribution < 1.29 is 28.4 Å². The van der Waals surface area contributed by atoms with Crippen molar-refractivity contribution in [2.24, 2.45) is 13.0 Å². The Kier molecular flexibility index (Phi) is 6.92. The van der Waals surface area contributed by atoms with Crippen molar-refractivity contribution in [1.82, 2.24) is 14.5 Å². The van der Waals surface area contributed by atoms with Crippen LogP contribution in [0.1, 0.15) is 62.9 Å². The quantitative estimate of drug-likeness (QED) is 0.403. The smallest absolute Gasteiger partial charge is 0.408 e. The van der Waals surface area contributed by atoms with Gasteiger partial charge in [-0.2, -0.15) is 4.57 Å². The summed E-state index contributed by atoms with van der Waals surface area (Å²) in [7, 11) is 2.03. The molecule has 1 aliphatic rings. The SMILES string of the molecule is Cc1n(CC2CCc3c(c4ccccc4n3C)C2=O)cc[n+]1COC(=O)C(C)(C)NC(=O)OC(C)(C)C. The first-order valence-corrected chi connectivity index (χ1v) is 12.6. The van der Waals surface area contributed by atoms with E-state index in [0.29, 0.717) is 6.54 Å². The molecule has 0 bridgehead atoms. The zero-order valence-electron chi connectivity index (χ0n) is 22.8. The van der Waals surface area contributed by atoms with Crippen LogP contribution in [0.2, 0.25) is 0 Å². The van der Waals surface area contributed by atoms with Crippen LogP contribution in [0.4, 0.5) is 4.79 Å². The molecule has 0 radical (unpaired) electrons. The van der Waals surface area contributed by atoms with Gasteiger partial charge < -0.3 is 19.4 Å². The molecule has 0 aliphatic heterocycles. The Morgan fingerprint density at radius 1 is 1.16 bits per heavy atom. The van der Waals surface area contributed by atoms with Crippen LogP contribution < -0.4 is 9.88 Å². The lowest BCUT2D eigenvalue weighted by Crippen LogP contribution is -2.53. The number of carbonyl (C=O) groups excluding carboxylic acids is 3. The minimum absolute atomic E-state index is 0.0107. The molecule has 9 heteroatoms. The van der Waals surface area contributed by atoms with E-state index in [1.165, 1.54) is 0 Å². The zero-order chi connectivity index (χ0) is 27.1. The monoisotopic (exact) mass is 509 g/mol. The molecule has 0 saturated carbocycles. The molecule has 1 aliphatic carbocycles. The molecule has 9 nitrogen and oxygen atoms in total. The molecular weight excluding hydrogens is 472 g/mol. The van der Waals surface area contributed by atoms with Crippen molar-refractivity contribution in [3.05, 3.63) is 53.7 Å². The number of Topliss-reactive ketones (excluding diaryl/α,β-unsaturated/α-hetero) is 1. The van der Waals surface area contributed by atoms with Crippen LogP contribution in [0.25, 0.3) is 10.9 Å². The summed E-state index contributed by atoms with van der Waals surface area (Å²) in [5.41, 5.74) is 1.11. The number of hydrogen-bond acceptors (Lipinski definition) is 5. The van der Waals surface area contributed by atoms with Crippen LogP contribution in [-0.4, -0.2) is 38.1 Å². The predicted octanol–water partition coefficient (Wildman–Crippen LogP) is 3.83. The molecule has 4 rings (SSSR count). The Balaban J connectivity index is 1.40. The number of nitrogens with zero attached hydrogens (tertiary/aromatic N) is 3. The number of hydrogen-bond donors (Lipinski definition) is 1. The highest BCUT2D eigenvalue weighted by molar-refractivity contribution is 6.11. The molecule has 1 unspecified atom stereocenters. The third-order valence-corrected chi connectivity index (χ3v) is 6.91. The van der Waals surface area contributed by atoms with E-state index in [1.807, 2.05) is 49.1 Å². The predicted molar refractivity (Wildman–Crippen MR) is 138 cm³/mol. The first-order valence-electron chi connectivity index (χ1n) is 12.6. The maximum atomic E-state index is 13.5. The number of ether oxygens (including phenoxy) is 2. The second-order valence-corrected chi connectivity index (χ2v) is 11.3. The number of fused-ring (bicyclic) bond motifs is 3. The number of amides is 1. The number of para-hydroxylation sites is 1. The molecule has 0 spiro atoms. The van der Waals surface area contributed by atoms with E-state index in [-0.39, 0.29) is 18.4 Å². The fraction of sp³-hybridized carbons (Fsp3) is 0.500. The molecule has 1 aromatic carbocycles. The second-order valence-electron chi connectivity index (χ2n) is 11.3. The third kappa shape index (κ3) is 5.40. The number of benzene rings is 1. The summed E-state index contributed by atoms with van der Waals surface area (Å²) < 4.78 is 16.7. The number of nitrogens with one attached hydrogen (secondary N) is 1. The highest BCUT2D eigenvalue weighted by atomic mass is 16.6. The van der Waals surface area contributed by atoms with Gasteiger partial charge in [0.15, 0.2) is 5.78 Å². The summed E-state index contributed by atoms with van der Waals surface area (Å²) in [6.07, 6.45) is 4.69. The molecule has 0 fully saturated rings. The average Bonchev–Trinajstić information content (AvgIpc) is 3.29. The summed E-state index contributed by atoms with van der Waals surface area (Å²) in [4.78, 5) is 38.3. The molecule has 1 atom stereocenters. The Labute approximate surface area is 217 Å². The van der Waals surface area contributed by atoms with Gasteiger partial charge in [-0.3, -0.25) is 4.79 Å². The van der Waals surface area contributed by atoms with Crippen LogP contribution in [0.15, 0.2) is 36.7 Å². The normalized spacial score (nSPS) is 16.0. The summed E-state index contributed by atoms with van der Waals surface area (Å²) in [5, 5.41) is 3.58. The highest BCUT2D eigenvalue weighted by Gasteiger charge is 2.35. The van der Waals surface area contributed by atoms with Crippen LogP contribution in [-0.2, 0) is 41.0 Å². The minimum Gasteiger partial charge on any atom is -0.444 e. The number of aryl methyl sites for hydroxylation is 1. The van der Waals surface area contributed by atoms with Crippen LogP contribution >= 0.6 is 0 Å². The lowest BCUT2D eigenvalue weighted by molar-refractivity contribution is -0.732. The number of esters is 1. The molecular formula is C28H37N4O5+. The van der Waals surface area contributed by atoms with Crippen LogP contribution in [0.3, 0.4) is 0 Å². The van der Waals surface area contributed by atoms with E-state index in [0.717, 1.165) is 40.8 Å². The van der Waals surface area contributed by atoms with E-state index < -0.39 is 23.2 Å². The first kappa shape index (κ1) is 26.4. The second kappa shape index (κ2) is 9.68. The van der Waals surface area contributed by atoms with Crippen molar-refractivity contribution >= 4 is 28.7 Å². The van der Waals surface area contributed by atoms with Crippen LogP contribution in [0.5, 0.6) is 0 Å². The van der Waals surface area contributed by atoms with Gasteiger partial charge in [-0.15, -0.1) is 0 Å². The number of alkyl carbamates (subject to hydrolysis) is 1. The van der Waals surface area contributed by atoms with Crippen molar-refractivity contribution in [3.8, 4) is 0 Å². The number of rotatable bonds is 6. The van der Waals surface area contributed by atoms with Gasteiger partial charge in [0.25, 0.3) is 5.82 Å². The van der Waals surface area contributed by atoms with Gasteiger partial charge >= 0.3 is 12.1 Å². The van der Waals surface area contributed by atoms with E-state index in [4.69, 9.17) is 9.47 Å². The molecule has 3 aromatic rings. The van der Waals surface area contributed by atoms with Crippen molar-refractivity contribution in [3.63, 3.8) is 0 Å². The topological polar surface area (TPSA) is 95.4 Å². The largest absolute Gasteiger partial charge is 0.444 e. The average molecular weight is 510 g/mol. The van der Waals surface area contributed by atoms with Gasteiger partial charge in [0, 0.05) is 36.1 Å². The fourth-order valence-corrected chi connectivity index (χ4v) is 4.86. The minimum atomic E-state index is -1.26. The van der Waals surface area contributed by atoms with Crippen molar-refractivity contribution in [1.29, 1.82) is 0 Å². The van der Waals surface area contributed by atoms with E-state index in [9.17, 15) is 14.4 Å². The zero-order valence-corrected chi connectivity index (χ0v) is 22.8. The Morgan fingerprint density at radius 3 is 2.57 bits per heavy atom. The molecule has 0 saturated heterocycles. The Hall–Kier alpha value is -3.62. The number of aromatic nitrogens is 3. The van der Waals surface area contributed by atoms with Gasteiger partial charge in [-0.25, -0.2) is 14.2 Å². The molecule has 2 aromatic heterocycles. The Morgan fingerprint density at radius 2 is 1.86 bits per heavy atom. The maximum Gasteiger partial charge on any atom is 0.408 e. The molecule has 37 heavy (non-hydrogen) atoms. The summed E-state index contributed by atoms with van der Waals surface area (Å²) >= 11 is 0. The third-order valence-electron chi connectivity index (χ3n) is 6.91. The van der Waals surface area contributed by atoms with E-state index >= 15 is 0 Å². The maximum absolute atomic E-state index is 13.5. The van der Waals surface area contributed by atoms with Gasteiger partial charge in [-0.05, 0) is 53.5 Å². The molecule has 2 heterocycles. The molecule has 198 valence electrons. The number of carbonyl (C=O) groups is 3. The first-order chi connectivity index (χ1) is 17.3. The Bertz CT molecular complexity index is 1360. The summed E-state index contributed by atoms with van der Waals surface area (Å²) in [5.74, 6) is 0.336.